The molecule has 0 aliphatic heterocycles. The standard InChI is InChI=1S/C23H24N4O8S2/c1-13-4-7-16(24-22(30)26-36(32,33)20-11-17(28)8-5-14(20)2)10-19(13)25-23(31)27-37(34,35)21-12-18(29)9-6-15(21)3/h4-12,28-29H,1-3H3,(H2,24,26,30)(H2,25,27,31). The molecule has 37 heavy (non-hydrogen) atoms. The van der Waals surface area contributed by atoms with Crippen LogP contribution in [0.25, 0.3) is 0 Å². The van der Waals surface area contributed by atoms with Gasteiger partial charge in [-0.1, -0.05) is 18.2 Å². The normalized spacial score (nSPS) is 11.4. The highest BCUT2D eigenvalue weighted by Crippen LogP contribution is 2.23. The van der Waals surface area contributed by atoms with Gasteiger partial charge in [0, 0.05) is 23.5 Å². The molecule has 0 aromatic heterocycles. The number of aryl methyl sites for hydroxylation is 3. The Morgan fingerprint density at radius 1 is 0.622 bits per heavy atom. The Balaban J connectivity index is 1.73. The number of nitrogens with one attached hydrogen (secondary N) is 4. The zero-order valence-electron chi connectivity index (χ0n) is 19.9. The Hall–Kier alpha value is -4.30. The van der Waals surface area contributed by atoms with Gasteiger partial charge in [0.15, 0.2) is 0 Å². The molecule has 14 heteroatoms. The number of aromatic hydroxyl groups is 2. The quantitative estimate of drug-likeness (QED) is 0.271. The number of hydrogen-bond acceptors (Lipinski definition) is 8. The number of carbonyl (C=O) groups excluding carboxylic acids is 2. The van der Waals surface area contributed by atoms with E-state index in [0.717, 1.165) is 12.1 Å². The highest BCUT2D eigenvalue weighted by molar-refractivity contribution is 7.90. The van der Waals surface area contributed by atoms with Crippen molar-refractivity contribution in [3.05, 3.63) is 71.3 Å². The van der Waals surface area contributed by atoms with E-state index in [-0.39, 0.29) is 32.7 Å². The minimum atomic E-state index is -4.31. The molecule has 0 saturated carbocycles. The number of carbonyl (C=O) groups is 2. The second kappa shape index (κ2) is 10.4. The molecule has 0 atom stereocenters. The maximum absolute atomic E-state index is 12.6. The van der Waals surface area contributed by atoms with Crippen LogP contribution in [0.4, 0.5) is 21.0 Å². The van der Waals surface area contributed by atoms with Crippen LogP contribution in [0.3, 0.4) is 0 Å². The van der Waals surface area contributed by atoms with E-state index in [9.17, 15) is 36.6 Å². The lowest BCUT2D eigenvalue weighted by molar-refractivity contribution is 0.255. The molecule has 6 N–H and O–H groups in total. The van der Waals surface area contributed by atoms with Crippen LogP contribution in [-0.2, 0) is 20.0 Å². The van der Waals surface area contributed by atoms with Crippen molar-refractivity contribution in [2.24, 2.45) is 0 Å². The summed E-state index contributed by atoms with van der Waals surface area (Å²) in [5, 5.41) is 23.9. The van der Waals surface area contributed by atoms with Crippen LogP contribution in [0.5, 0.6) is 11.5 Å². The minimum Gasteiger partial charge on any atom is -0.508 e. The number of benzene rings is 3. The molecule has 4 amide bonds. The van der Waals surface area contributed by atoms with Crippen molar-refractivity contribution in [1.29, 1.82) is 0 Å². The van der Waals surface area contributed by atoms with Crippen LogP contribution in [0.15, 0.2) is 64.4 Å². The first-order chi connectivity index (χ1) is 17.2. The number of phenolic OH excluding ortho intramolecular Hbond substituents is 2. The summed E-state index contributed by atoms with van der Waals surface area (Å²) in [6.45, 7) is 4.61. The van der Waals surface area contributed by atoms with Crippen LogP contribution >= 0.6 is 0 Å². The Kier molecular flexibility index (Phi) is 7.64. The van der Waals surface area contributed by atoms with E-state index in [1.807, 2.05) is 9.44 Å². The predicted molar refractivity (Wildman–Crippen MR) is 136 cm³/mol. The van der Waals surface area contributed by atoms with Crippen LogP contribution in [-0.4, -0.2) is 39.1 Å². The second-order valence-electron chi connectivity index (χ2n) is 8.05. The lowest BCUT2D eigenvalue weighted by Crippen LogP contribution is -2.35. The molecule has 0 radical (unpaired) electrons. The van der Waals surface area contributed by atoms with Crippen LogP contribution in [0, 0.1) is 20.8 Å². The van der Waals surface area contributed by atoms with Gasteiger partial charge < -0.3 is 20.8 Å². The average molecular weight is 549 g/mol. The lowest BCUT2D eigenvalue weighted by atomic mass is 10.2. The third-order valence-electron chi connectivity index (χ3n) is 5.12. The summed E-state index contributed by atoms with van der Waals surface area (Å²) in [6, 6.07) is 9.43. The Bertz CT molecular complexity index is 1600. The van der Waals surface area contributed by atoms with Crippen molar-refractivity contribution in [2.75, 3.05) is 10.6 Å². The van der Waals surface area contributed by atoms with Crippen molar-refractivity contribution < 1.29 is 36.6 Å². The molecule has 0 saturated heterocycles. The molecule has 0 spiro atoms. The van der Waals surface area contributed by atoms with Crippen LogP contribution in [0.1, 0.15) is 16.7 Å². The Morgan fingerprint density at radius 2 is 1.05 bits per heavy atom. The molecule has 0 bridgehead atoms. The molecule has 0 aliphatic carbocycles. The molecule has 3 aromatic carbocycles. The number of urea groups is 2. The minimum absolute atomic E-state index is 0.0907. The lowest BCUT2D eigenvalue weighted by Gasteiger charge is -2.14. The molecule has 0 heterocycles. The van der Waals surface area contributed by atoms with Gasteiger partial charge in [0.05, 0.1) is 9.79 Å². The number of sulfonamides is 2. The smallest absolute Gasteiger partial charge is 0.333 e. The van der Waals surface area contributed by atoms with Gasteiger partial charge in [0.2, 0.25) is 0 Å². The van der Waals surface area contributed by atoms with Crippen molar-refractivity contribution >= 4 is 43.5 Å². The SMILES string of the molecule is Cc1ccc(NC(=O)NS(=O)(=O)c2cc(O)ccc2C)cc1NC(=O)NS(=O)(=O)c1cc(O)ccc1C. The fraction of sp³-hybridized carbons (Fsp3) is 0.130. The van der Waals surface area contributed by atoms with E-state index in [0.29, 0.717) is 16.7 Å². The van der Waals surface area contributed by atoms with Crippen molar-refractivity contribution in [3.8, 4) is 11.5 Å². The summed E-state index contributed by atoms with van der Waals surface area (Å²) >= 11 is 0. The first kappa shape index (κ1) is 27.3. The number of amides is 4. The van der Waals surface area contributed by atoms with Crippen LogP contribution < -0.4 is 20.1 Å². The summed E-state index contributed by atoms with van der Waals surface area (Å²) in [7, 11) is -8.62. The summed E-state index contributed by atoms with van der Waals surface area (Å²) < 4.78 is 53.9. The molecular weight excluding hydrogens is 524 g/mol. The Labute approximate surface area is 213 Å². The maximum Gasteiger partial charge on any atom is 0.333 e. The van der Waals surface area contributed by atoms with E-state index < -0.39 is 32.1 Å². The van der Waals surface area contributed by atoms with Gasteiger partial charge in [0.1, 0.15) is 11.5 Å². The van der Waals surface area contributed by atoms with E-state index in [1.54, 1.807) is 6.92 Å². The largest absolute Gasteiger partial charge is 0.508 e. The molecular formula is C23H24N4O8S2. The van der Waals surface area contributed by atoms with Gasteiger partial charge in [-0.05, 0) is 61.7 Å². The van der Waals surface area contributed by atoms with Gasteiger partial charge in [-0.2, -0.15) is 0 Å². The molecule has 3 aromatic rings. The summed E-state index contributed by atoms with van der Waals surface area (Å²) in [4.78, 5) is 24.2. The fourth-order valence-corrected chi connectivity index (χ4v) is 5.60. The van der Waals surface area contributed by atoms with E-state index in [2.05, 4.69) is 10.6 Å². The molecule has 12 nitrogen and oxygen atoms in total. The topological polar surface area (TPSA) is 191 Å². The molecule has 196 valence electrons. The number of hydrogen-bond donors (Lipinski definition) is 6. The molecule has 0 fully saturated rings. The van der Waals surface area contributed by atoms with Gasteiger partial charge in [-0.25, -0.2) is 35.9 Å². The molecule has 0 aliphatic rings. The summed E-state index contributed by atoms with van der Waals surface area (Å²) in [5.41, 5.74) is 1.34. The van der Waals surface area contributed by atoms with Crippen LogP contribution in [0.2, 0.25) is 0 Å². The number of anilines is 2. The highest BCUT2D eigenvalue weighted by atomic mass is 32.2. The summed E-state index contributed by atoms with van der Waals surface area (Å²) in [6.07, 6.45) is 0. The second-order valence-corrected chi connectivity index (χ2v) is 11.4. The predicted octanol–water partition coefficient (Wildman–Crippen LogP) is 3.04. The van der Waals surface area contributed by atoms with Crippen molar-refractivity contribution in [1.82, 2.24) is 9.44 Å². The van der Waals surface area contributed by atoms with E-state index in [4.69, 9.17) is 0 Å². The zero-order chi connectivity index (χ0) is 27.5. The first-order valence-corrected chi connectivity index (χ1v) is 13.5. The zero-order valence-corrected chi connectivity index (χ0v) is 21.5. The van der Waals surface area contributed by atoms with Crippen molar-refractivity contribution in [3.63, 3.8) is 0 Å². The van der Waals surface area contributed by atoms with Gasteiger partial charge in [-0.3, -0.25) is 0 Å². The Morgan fingerprint density at radius 3 is 1.54 bits per heavy atom. The first-order valence-electron chi connectivity index (χ1n) is 10.6. The highest BCUT2D eigenvalue weighted by Gasteiger charge is 2.22. The van der Waals surface area contributed by atoms with Crippen molar-refractivity contribution in [2.45, 2.75) is 30.6 Å². The van der Waals surface area contributed by atoms with E-state index >= 15 is 0 Å². The monoisotopic (exact) mass is 548 g/mol. The third kappa shape index (κ3) is 6.68. The summed E-state index contributed by atoms with van der Waals surface area (Å²) in [5.74, 6) is -0.583. The average Bonchev–Trinajstić information content (AvgIpc) is 2.78. The molecule has 0 unspecified atom stereocenters. The maximum atomic E-state index is 12.6. The van der Waals surface area contributed by atoms with Gasteiger partial charge in [0.25, 0.3) is 20.0 Å². The fourth-order valence-electron chi connectivity index (χ4n) is 3.25. The van der Waals surface area contributed by atoms with Gasteiger partial charge in [-0.15, -0.1) is 0 Å². The third-order valence-corrected chi connectivity index (χ3v) is 8.07. The molecule has 3 rings (SSSR count). The van der Waals surface area contributed by atoms with E-state index in [1.165, 1.54) is 56.3 Å². The number of rotatable bonds is 6. The van der Waals surface area contributed by atoms with Gasteiger partial charge >= 0.3 is 12.1 Å². The number of phenols is 2.